The zero-order valence-electron chi connectivity index (χ0n) is 19.4. The minimum Gasteiger partial charge on any atom is -0.423 e. The van der Waals surface area contributed by atoms with Crippen LogP contribution in [0.5, 0.6) is 11.5 Å². The maximum Gasteiger partial charge on any atom is 0.346 e. The second kappa shape index (κ2) is 9.95. The molecule has 0 saturated heterocycles. The third-order valence-electron chi connectivity index (χ3n) is 5.80. The van der Waals surface area contributed by atoms with Crippen LogP contribution in [0.3, 0.4) is 0 Å². The summed E-state index contributed by atoms with van der Waals surface area (Å²) in [4.78, 5) is 24.5. The minimum atomic E-state index is -2.16. The highest BCUT2D eigenvalue weighted by molar-refractivity contribution is 6.00. The van der Waals surface area contributed by atoms with Crippen molar-refractivity contribution in [1.82, 2.24) is 0 Å². The molecule has 4 nitrogen and oxygen atoms in total. The molecule has 0 aliphatic heterocycles. The predicted octanol–water partition coefficient (Wildman–Crippen LogP) is 7.54. The van der Waals surface area contributed by atoms with Gasteiger partial charge in [0.05, 0.1) is 0 Å². The summed E-state index contributed by atoms with van der Waals surface area (Å²) in [6.07, 6.45) is 0. The number of fused-ring (bicyclic) bond motifs is 2. The molecular formula is C28H10F8O4. The molecule has 0 aliphatic carbocycles. The Morgan fingerprint density at radius 1 is 0.425 bits per heavy atom. The second-order valence-corrected chi connectivity index (χ2v) is 8.34. The van der Waals surface area contributed by atoms with Gasteiger partial charge in [0.25, 0.3) is 0 Å². The quantitative estimate of drug-likeness (QED) is 0.0567. The first-order valence-corrected chi connectivity index (χ1v) is 11.0. The Balaban J connectivity index is 1.41. The largest absolute Gasteiger partial charge is 0.423 e. The lowest BCUT2D eigenvalue weighted by molar-refractivity contribution is 0.0718. The zero-order valence-corrected chi connectivity index (χ0v) is 19.4. The lowest BCUT2D eigenvalue weighted by Crippen LogP contribution is -2.14. The van der Waals surface area contributed by atoms with E-state index in [0.29, 0.717) is 21.5 Å². The number of carbonyl (C=O) groups excluding carboxylic acids is 2. The average Bonchev–Trinajstić information content (AvgIpc) is 2.93. The van der Waals surface area contributed by atoms with Gasteiger partial charge in [-0.1, -0.05) is 12.1 Å². The van der Waals surface area contributed by atoms with Gasteiger partial charge in [-0.3, -0.25) is 0 Å². The number of hydrogen-bond acceptors (Lipinski definition) is 4. The van der Waals surface area contributed by atoms with E-state index in [4.69, 9.17) is 9.47 Å². The van der Waals surface area contributed by atoms with Crippen molar-refractivity contribution in [1.29, 1.82) is 0 Å². The molecule has 0 heterocycles. The van der Waals surface area contributed by atoms with Crippen molar-refractivity contribution in [2.75, 3.05) is 0 Å². The van der Waals surface area contributed by atoms with Gasteiger partial charge in [0.15, 0.2) is 46.5 Å². The molecule has 12 heteroatoms. The van der Waals surface area contributed by atoms with Gasteiger partial charge in [-0.15, -0.1) is 0 Å². The van der Waals surface area contributed by atoms with E-state index in [1.165, 1.54) is 36.4 Å². The third-order valence-corrected chi connectivity index (χ3v) is 5.80. The van der Waals surface area contributed by atoms with Crippen molar-refractivity contribution in [2.45, 2.75) is 0 Å². The average molecular weight is 562 g/mol. The molecule has 0 radical (unpaired) electrons. The highest BCUT2D eigenvalue weighted by Gasteiger charge is 2.26. The Hall–Kier alpha value is -5.00. The summed E-state index contributed by atoms with van der Waals surface area (Å²) < 4.78 is 118. The van der Waals surface area contributed by atoms with E-state index >= 15 is 0 Å². The molecule has 5 aromatic carbocycles. The topological polar surface area (TPSA) is 52.6 Å². The molecule has 0 unspecified atom stereocenters. The Morgan fingerprint density at radius 2 is 0.800 bits per heavy atom. The summed E-state index contributed by atoms with van der Waals surface area (Å²) in [5.41, 5.74) is -2.30. The van der Waals surface area contributed by atoms with Crippen molar-refractivity contribution >= 4 is 33.5 Å². The van der Waals surface area contributed by atoms with Gasteiger partial charge >= 0.3 is 11.9 Å². The van der Waals surface area contributed by atoms with E-state index < -0.39 is 69.6 Å². The summed E-state index contributed by atoms with van der Waals surface area (Å²) >= 11 is 0. The smallest absolute Gasteiger partial charge is 0.346 e. The van der Waals surface area contributed by atoms with Gasteiger partial charge in [0, 0.05) is 0 Å². The van der Waals surface area contributed by atoms with E-state index in [1.807, 2.05) is 0 Å². The van der Waals surface area contributed by atoms with Gasteiger partial charge in [0.2, 0.25) is 0 Å². The van der Waals surface area contributed by atoms with Crippen LogP contribution in [0.2, 0.25) is 0 Å². The molecule has 0 aliphatic rings. The molecule has 0 fully saturated rings. The molecule has 0 saturated carbocycles. The first kappa shape index (κ1) is 26.6. The number of hydrogen-bond donors (Lipinski definition) is 0. The molecule has 5 aromatic rings. The molecule has 0 spiro atoms. The Bertz CT molecular complexity index is 1750. The molecule has 202 valence electrons. The van der Waals surface area contributed by atoms with Crippen molar-refractivity contribution < 1.29 is 54.2 Å². The predicted molar refractivity (Wildman–Crippen MR) is 124 cm³/mol. The minimum absolute atomic E-state index is 0.132. The monoisotopic (exact) mass is 562 g/mol. The summed E-state index contributed by atoms with van der Waals surface area (Å²) in [6, 6.07) is 11.8. The third kappa shape index (κ3) is 4.68. The maximum atomic E-state index is 13.9. The number of ether oxygens (including phenoxy) is 2. The normalized spacial score (nSPS) is 11.2. The standard InChI is InChI=1S/C28H10F8O4/c29-19-9-17(21(31)25(35)23(19)33)27(37)39-15-3-1-11-5-14-8-16(4-2-12(14)6-13(11)7-15)40-28(38)18-10-20(30)24(34)26(36)22(18)32/h1-10H. The summed E-state index contributed by atoms with van der Waals surface area (Å²) in [6.45, 7) is 0. The fourth-order valence-corrected chi connectivity index (χ4v) is 3.85. The van der Waals surface area contributed by atoms with Crippen LogP contribution in [-0.4, -0.2) is 11.9 Å². The zero-order chi connectivity index (χ0) is 28.9. The molecule has 0 N–H and O–H groups in total. The van der Waals surface area contributed by atoms with Crippen LogP contribution in [0, 0.1) is 46.5 Å². The van der Waals surface area contributed by atoms with Crippen LogP contribution in [0.25, 0.3) is 21.5 Å². The van der Waals surface area contributed by atoms with Crippen molar-refractivity contribution in [3.05, 3.63) is 118 Å². The van der Waals surface area contributed by atoms with E-state index in [1.54, 1.807) is 12.1 Å². The first-order valence-electron chi connectivity index (χ1n) is 11.0. The van der Waals surface area contributed by atoms with Gasteiger partial charge in [0.1, 0.15) is 22.6 Å². The number of carbonyl (C=O) groups is 2. The van der Waals surface area contributed by atoms with Gasteiger partial charge < -0.3 is 9.47 Å². The summed E-state index contributed by atoms with van der Waals surface area (Å²) in [5, 5.41) is 2.07. The molecule has 0 atom stereocenters. The van der Waals surface area contributed by atoms with Crippen LogP contribution in [0.15, 0.2) is 60.7 Å². The summed E-state index contributed by atoms with van der Waals surface area (Å²) in [5.74, 6) is -19.1. The van der Waals surface area contributed by atoms with Gasteiger partial charge in [-0.05, 0) is 70.1 Å². The van der Waals surface area contributed by atoms with Crippen molar-refractivity contribution in [3.8, 4) is 11.5 Å². The van der Waals surface area contributed by atoms with E-state index in [-0.39, 0.29) is 23.6 Å². The number of rotatable bonds is 4. The maximum absolute atomic E-state index is 13.9. The van der Waals surface area contributed by atoms with E-state index in [2.05, 4.69) is 0 Å². The van der Waals surface area contributed by atoms with Crippen molar-refractivity contribution in [3.63, 3.8) is 0 Å². The first-order chi connectivity index (χ1) is 18.9. The van der Waals surface area contributed by atoms with Crippen molar-refractivity contribution in [2.24, 2.45) is 0 Å². The molecule has 40 heavy (non-hydrogen) atoms. The van der Waals surface area contributed by atoms with Crippen LogP contribution in [-0.2, 0) is 0 Å². The van der Waals surface area contributed by atoms with E-state index in [9.17, 15) is 44.7 Å². The van der Waals surface area contributed by atoms with Crippen LogP contribution >= 0.6 is 0 Å². The fraction of sp³-hybridized carbons (Fsp3) is 0. The highest BCUT2D eigenvalue weighted by atomic mass is 19.2. The fourth-order valence-electron chi connectivity index (χ4n) is 3.85. The number of benzene rings is 5. The van der Waals surface area contributed by atoms with Gasteiger partial charge in [-0.2, -0.15) is 0 Å². The lowest BCUT2D eigenvalue weighted by atomic mass is 10.0. The molecule has 0 bridgehead atoms. The van der Waals surface area contributed by atoms with Crippen LogP contribution in [0.1, 0.15) is 20.7 Å². The van der Waals surface area contributed by atoms with Crippen LogP contribution in [0.4, 0.5) is 35.1 Å². The van der Waals surface area contributed by atoms with E-state index in [0.717, 1.165) is 0 Å². The molecule has 0 aromatic heterocycles. The van der Waals surface area contributed by atoms with Gasteiger partial charge in [-0.25, -0.2) is 44.7 Å². The number of halogens is 8. The lowest BCUT2D eigenvalue weighted by Gasteiger charge is -2.10. The molecule has 5 rings (SSSR count). The number of esters is 2. The SMILES string of the molecule is O=C(Oc1ccc2cc3cc(OC(=O)c4cc(F)c(F)c(F)c4F)ccc3cc2c1)c1cc(F)c(F)c(F)c1F. The summed E-state index contributed by atoms with van der Waals surface area (Å²) in [7, 11) is 0. The Labute approximate surface area is 218 Å². The Morgan fingerprint density at radius 3 is 1.18 bits per heavy atom. The second-order valence-electron chi connectivity index (χ2n) is 8.34. The molecule has 0 amide bonds. The highest BCUT2D eigenvalue weighted by Crippen LogP contribution is 2.30. The molecular weight excluding hydrogens is 552 g/mol. The Kier molecular flexibility index (Phi) is 6.62. The van der Waals surface area contributed by atoms with Crippen LogP contribution < -0.4 is 9.47 Å².